The number of methoxy groups -OCH3 is 1. The van der Waals surface area contributed by atoms with Crippen LogP contribution in [0.15, 0.2) is 18.5 Å². The summed E-state index contributed by atoms with van der Waals surface area (Å²) in [4.78, 5) is 36.9. The fourth-order valence-electron chi connectivity index (χ4n) is 4.98. The molecule has 11 heteroatoms. The summed E-state index contributed by atoms with van der Waals surface area (Å²) in [6.45, 7) is 3.75. The van der Waals surface area contributed by atoms with Crippen LogP contribution in [0.1, 0.15) is 47.3 Å². The van der Waals surface area contributed by atoms with E-state index in [-0.39, 0.29) is 42.2 Å². The first-order valence-electron chi connectivity index (χ1n) is 12.8. The Morgan fingerprint density at radius 1 is 1.16 bits per heavy atom. The van der Waals surface area contributed by atoms with E-state index in [1.165, 1.54) is 13.4 Å². The van der Waals surface area contributed by atoms with E-state index >= 15 is 4.39 Å². The third-order valence-electron chi connectivity index (χ3n) is 7.15. The van der Waals surface area contributed by atoms with Crippen LogP contribution in [0.25, 0.3) is 22.3 Å². The van der Waals surface area contributed by atoms with Crippen molar-refractivity contribution >= 4 is 22.8 Å². The Morgan fingerprint density at radius 3 is 2.68 bits per heavy atom. The van der Waals surface area contributed by atoms with Crippen LogP contribution in [-0.4, -0.2) is 65.3 Å². The summed E-state index contributed by atoms with van der Waals surface area (Å²) in [6.07, 6.45) is 2.49. The summed E-state index contributed by atoms with van der Waals surface area (Å²) in [5, 5.41) is 5.48. The van der Waals surface area contributed by atoms with Crippen LogP contribution in [0.5, 0.6) is 5.75 Å². The van der Waals surface area contributed by atoms with Gasteiger partial charge in [0.25, 0.3) is 5.91 Å². The Hall–Kier alpha value is -3.60. The lowest BCUT2D eigenvalue weighted by atomic mass is 10.0. The second-order valence-corrected chi connectivity index (χ2v) is 10.2. The summed E-state index contributed by atoms with van der Waals surface area (Å²) in [7, 11) is 1.41. The van der Waals surface area contributed by atoms with Crippen LogP contribution in [0, 0.1) is 25.6 Å². The lowest BCUT2D eigenvalue weighted by Crippen LogP contribution is -2.40. The van der Waals surface area contributed by atoms with Crippen molar-refractivity contribution in [2.24, 2.45) is 5.92 Å². The molecule has 3 N–H and O–H groups in total. The van der Waals surface area contributed by atoms with Gasteiger partial charge in [0.1, 0.15) is 41.9 Å². The first-order valence-corrected chi connectivity index (χ1v) is 12.8. The number of nitrogens with zero attached hydrogens (tertiary/aromatic N) is 2. The molecule has 2 saturated carbocycles. The van der Waals surface area contributed by atoms with Gasteiger partial charge in [-0.1, -0.05) is 6.07 Å². The van der Waals surface area contributed by atoms with E-state index in [1.54, 1.807) is 26.0 Å². The Labute approximate surface area is 218 Å². The van der Waals surface area contributed by atoms with Crippen molar-refractivity contribution in [3.63, 3.8) is 0 Å². The van der Waals surface area contributed by atoms with Crippen molar-refractivity contribution in [3.8, 4) is 17.0 Å². The standard InChI is InChI=1S/C27H31F2N5O4/c1-13-4-7-19(38-10-15-5-6-15)22(23(13)29)25-26-24(30-12-31-25)21(14(2)32-26)27(36)34-18-9-16(8-17(18)28)33-20(35)11-37-3/h4,7,12,15-18,32H,5-6,8-11H2,1-3H3,(H,33,35)(H,34,36)/t16-,17-,18-/m1/s1. The topological polar surface area (TPSA) is 118 Å². The highest BCUT2D eigenvalue weighted by atomic mass is 19.1. The molecule has 3 aromatic rings. The zero-order chi connectivity index (χ0) is 27.0. The summed E-state index contributed by atoms with van der Waals surface area (Å²) in [6, 6.07) is 2.21. The number of nitrogens with one attached hydrogen (secondary N) is 3. The van der Waals surface area contributed by atoms with E-state index in [4.69, 9.17) is 9.47 Å². The molecular formula is C27H31F2N5O4. The molecule has 2 aliphatic rings. The molecule has 2 amide bonds. The number of alkyl halides is 1. The van der Waals surface area contributed by atoms with Gasteiger partial charge in [0.15, 0.2) is 0 Å². The number of rotatable bonds is 9. The maximum absolute atomic E-state index is 15.5. The Bertz CT molecular complexity index is 1370. The first-order chi connectivity index (χ1) is 18.3. The molecule has 2 heterocycles. The fourth-order valence-corrected chi connectivity index (χ4v) is 4.98. The summed E-state index contributed by atoms with van der Waals surface area (Å²) in [5.74, 6) is -0.444. The predicted molar refractivity (Wildman–Crippen MR) is 136 cm³/mol. The van der Waals surface area contributed by atoms with Crippen LogP contribution < -0.4 is 15.4 Å². The molecule has 38 heavy (non-hydrogen) atoms. The summed E-state index contributed by atoms with van der Waals surface area (Å²) < 4.78 is 41.0. The van der Waals surface area contributed by atoms with Gasteiger partial charge in [-0.15, -0.1) is 0 Å². The molecule has 0 spiro atoms. The van der Waals surface area contributed by atoms with E-state index in [2.05, 4.69) is 25.6 Å². The van der Waals surface area contributed by atoms with Gasteiger partial charge < -0.3 is 25.1 Å². The lowest BCUT2D eigenvalue weighted by molar-refractivity contribution is -0.125. The van der Waals surface area contributed by atoms with Gasteiger partial charge in [-0.2, -0.15) is 0 Å². The monoisotopic (exact) mass is 527 g/mol. The van der Waals surface area contributed by atoms with Crippen molar-refractivity contribution in [1.82, 2.24) is 25.6 Å². The van der Waals surface area contributed by atoms with Crippen molar-refractivity contribution in [2.45, 2.75) is 57.8 Å². The van der Waals surface area contributed by atoms with Crippen molar-refractivity contribution < 1.29 is 27.8 Å². The fraction of sp³-hybridized carbons (Fsp3) is 0.481. The summed E-state index contributed by atoms with van der Waals surface area (Å²) >= 11 is 0. The van der Waals surface area contributed by atoms with Crippen LogP contribution in [0.4, 0.5) is 8.78 Å². The second-order valence-electron chi connectivity index (χ2n) is 10.2. The van der Waals surface area contributed by atoms with Crippen LogP contribution in [-0.2, 0) is 9.53 Å². The third kappa shape index (κ3) is 5.20. The van der Waals surface area contributed by atoms with Gasteiger partial charge in [0, 0.05) is 25.3 Å². The van der Waals surface area contributed by atoms with E-state index in [0.717, 1.165) is 12.8 Å². The number of benzene rings is 1. The molecule has 2 fully saturated rings. The number of aryl methyl sites for hydroxylation is 2. The molecule has 202 valence electrons. The first kappa shape index (κ1) is 26.0. The van der Waals surface area contributed by atoms with Crippen LogP contribution in [0.2, 0.25) is 0 Å². The number of amides is 2. The lowest BCUT2D eigenvalue weighted by Gasteiger charge is -2.15. The zero-order valence-electron chi connectivity index (χ0n) is 21.6. The van der Waals surface area contributed by atoms with Crippen molar-refractivity contribution in [3.05, 3.63) is 41.1 Å². The van der Waals surface area contributed by atoms with Gasteiger partial charge >= 0.3 is 0 Å². The van der Waals surface area contributed by atoms with Gasteiger partial charge in [-0.05, 0) is 50.7 Å². The molecule has 0 radical (unpaired) electrons. The maximum atomic E-state index is 15.5. The molecule has 3 atom stereocenters. The van der Waals surface area contributed by atoms with E-state index in [9.17, 15) is 14.0 Å². The summed E-state index contributed by atoms with van der Waals surface area (Å²) in [5.41, 5.74) is 2.35. The van der Waals surface area contributed by atoms with Crippen LogP contribution in [0.3, 0.4) is 0 Å². The number of aromatic nitrogens is 3. The largest absolute Gasteiger partial charge is 0.492 e. The van der Waals surface area contributed by atoms with Crippen molar-refractivity contribution in [1.29, 1.82) is 0 Å². The van der Waals surface area contributed by atoms with E-state index in [1.807, 2.05) is 0 Å². The third-order valence-corrected chi connectivity index (χ3v) is 7.15. The minimum Gasteiger partial charge on any atom is -0.492 e. The molecule has 0 aliphatic heterocycles. The molecule has 2 aliphatic carbocycles. The van der Waals surface area contributed by atoms with Gasteiger partial charge in [0.05, 0.1) is 29.3 Å². The Morgan fingerprint density at radius 2 is 1.95 bits per heavy atom. The Kier molecular flexibility index (Phi) is 7.29. The maximum Gasteiger partial charge on any atom is 0.255 e. The number of ether oxygens (including phenoxy) is 2. The Balaban J connectivity index is 1.43. The number of hydrogen-bond donors (Lipinski definition) is 3. The predicted octanol–water partition coefficient (Wildman–Crippen LogP) is 3.53. The number of aromatic amines is 1. The van der Waals surface area contributed by atoms with E-state index < -0.39 is 30.0 Å². The zero-order valence-corrected chi connectivity index (χ0v) is 21.6. The van der Waals surface area contributed by atoms with Gasteiger partial charge in [0.2, 0.25) is 5.91 Å². The number of fused-ring (bicyclic) bond motifs is 1. The molecule has 0 bridgehead atoms. The normalized spacial score (nSPS) is 21.0. The number of carbonyl (C=O) groups excluding carboxylic acids is 2. The molecule has 0 unspecified atom stereocenters. The molecule has 9 nitrogen and oxygen atoms in total. The average molecular weight is 528 g/mol. The molecule has 5 rings (SSSR count). The number of halogens is 2. The SMILES string of the molecule is COCC(=O)N[C@@H]1C[C@@H](F)[C@H](NC(=O)c2c(C)[nH]c3c(-c4c(OCC5CC5)ccc(C)c4F)ncnc23)C1. The highest BCUT2D eigenvalue weighted by Gasteiger charge is 2.37. The minimum atomic E-state index is -1.32. The number of H-pyrrole nitrogens is 1. The van der Waals surface area contributed by atoms with Crippen molar-refractivity contribution in [2.75, 3.05) is 20.3 Å². The van der Waals surface area contributed by atoms with Gasteiger partial charge in [-0.25, -0.2) is 18.7 Å². The molecule has 1 aromatic carbocycles. The number of hydrogen-bond acceptors (Lipinski definition) is 6. The number of carbonyl (C=O) groups is 2. The highest BCUT2D eigenvalue weighted by Crippen LogP contribution is 2.39. The minimum absolute atomic E-state index is 0.0931. The quantitative estimate of drug-likeness (QED) is 0.392. The molecule has 0 saturated heterocycles. The smallest absolute Gasteiger partial charge is 0.255 e. The van der Waals surface area contributed by atoms with E-state index in [0.29, 0.717) is 40.6 Å². The second kappa shape index (κ2) is 10.6. The van der Waals surface area contributed by atoms with Crippen LogP contribution >= 0.6 is 0 Å². The highest BCUT2D eigenvalue weighted by molar-refractivity contribution is 6.09. The van der Waals surface area contributed by atoms with Gasteiger partial charge in [-0.3, -0.25) is 9.59 Å². The molecular weight excluding hydrogens is 496 g/mol. The average Bonchev–Trinajstić information content (AvgIpc) is 3.55. The molecule has 2 aromatic heterocycles.